The highest BCUT2D eigenvalue weighted by Crippen LogP contribution is 2.57. The second-order valence-electron chi connectivity index (χ2n) is 7.73. The van der Waals surface area contributed by atoms with E-state index in [9.17, 15) is 0 Å². The van der Waals surface area contributed by atoms with Crippen LogP contribution in [0.3, 0.4) is 0 Å². The second kappa shape index (κ2) is 8.61. The van der Waals surface area contributed by atoms with Gasteiger partial charge in [-0.1, -0.05) is 15.9 Å². The van der Waals surface area contributed by atoms with E-state index < -0.39 is 0 Å². The fourth-order valence-electron chi connectivity index (χ4n) is 5.33. The van der Waals surface area contributed by atoms with Gasteiger partial charge in [0, 0.05) is 5.33 Å². The molecule has 0 aliphatic heterocycles. The zero-order chi connectivity index (χ0) is 16.1. The highest BCUT2D eigenvalue weighted by atomic mass is 79.9. The minimum absolute atomic E-state index is 0.0708. The number of hydrogen-bond donors (Lipinski definition) is 1. The van der Waals surface area contributed by atoms with E-state index in [1.165, 1.54) is 38.5 Å². The van der Waals surface area contributed by atoms with Crippen molar-refractivity contribution >= 4 is 15.9 Å². The Bertz CT molecular complexity index is 328. The third kappa shape index (κ3) is 4.91. The van der Waals surface area contributed by atoms with Gasteiger partial charge in [-0.3, -0.25) is 0 Å². The zero-order valence-electron chi connectivity index (χ0n) is 14.1. The van der Waals surface area contributed by atoms with Crippen LogP contribution in [0.15, 0.2) is 0 Å². The molecule has 134 valence electrons. The molecule has 4 aliphatic carbocycles. The highest BCUT2D eigenvalue weighted by Gasteiger charge is 2.52. The Balaban J connectivity index is 1.45. The van der Waals surface area contributed by atoms with Crippen LogP contribution in [-0.2, 0) is 14.2 Å². The average Bonchev–Trinajstić information content (AvgIpc) is 2.49. The number of aliphatic hydroxyl groups excluding tert-OH is 1. The largest absolute Gasteiger partial charge is 0.394 e. The van der Waals surface area contributed by atoms with Crippen molar-refractivity contribution in [1.82, 2.24) is 0 Å². The summed E-state index contributed by atoms with van der Waals surface area (Å²) in [5.41, 5.74) is 0.151. The maximum absolute atomic E-state index is 8.68. The molecule has 0 saturated heterocycles. The van der Waals surface area contributed by atoms with Crippen LogP contribution in [0.25, 0.3) is 0 Å². The Morgan fingerprint density at radius 3 is 2.13 bits per heavy atom. The Morgan fingerprint density at radius 1 is 0.957 bits per heavy atom. The summed E-state index contributed by atoms with van der Waals surface area (Å²) < 4.78 is 17.7. The molecule has 0 spiro atoms. The first-order valence-electron chi connectivity index (χ1n) is 9.23. The third-order valence-corrected chi connectivity index (χ3v) is 6.20. The molecule has 0 aromatic heterocycles. The van der Waals surface area contributed by atoms with E-state index in [1.54, 1.807) is 0 Å². The second-order valence-corrected chi connectivity index (χ2v) is 8.52. The zero-order valence-corrected chi connectivity index (χ0v) is 15.6. The first kappa shape index (κ1) is 18.1. The maximum atomic E-state index is 8.68. The van der Waals surface area contributed by atoms with E-state index in [0.29, 0.717) is 26.4 Å². The van der Waals surface area contributed by atoms with Gasteiger partial charge in [-0.05, 0) is 62.7 Å². The van der Waals surface area contributed by atoms with Crippen LogP contribution >= 0.6 is 15.9 Å². The van der Waals surface area contributed by atoms with Gasteiger partial charge in [0.2, 0.25) is 0 Å². The third-order valence-electron chi connectivity index (χ3n) is 5.74. The van der Waals surface area contributed by atoms with Crippen LogP contribution in [0, 0.1) is 17.8 Å². The van der Waals surface area contributed by atoms with Gasteiger partial charge >= 0.3 is 0 Å². The summed E-state index contributed by atoms with van der Waals surface area (Å²) >= 11 is 3.56. The van der Waals surface area contributed by atoms with E-state index >= 15 is 0 Å². The van der Waals surface area contributed by atoms with Gasteiger partial charge in [-0.2, -0.15) is 0 Å². The summed E-state index contributed by atoms with van der Waals surface area (Å²) in [5.74, 6) is 2.75. The number of ether oxygens (including phenoxy) is 3. The van der Waals surface area contributed by atoms with E-state index in [0.717, 1.165) is 29.5 Å². The Morgan fingerprint density at radius 2 is 1.57 bits per heavy atom. The van der Waals surface area contributed by atoms with E-state index in [-0.39, 0.29) is 18.3 Å². The predicted molar refractivity (Wildman–Crippen MR) is 92.9 cm³/mol. The minimum atomic E-state index is 0.0708. The maximum Gasteiger partial charge on any atom is 0.0824 e. The number of rotatable bonds is 11. The molecular formula is C18H31BrO4. The smallest absolute Gasteiger partial charge is 0.0824 e. The molecule has 1 unspecified atom stereocenters. The van der Waals surface area contributed by atoms with Crippen molar-refractivity contribution in [3.63, 3.8) is 0 Å². The Kier molecular flexibility index (Phi) is 6.79. The highest BCUT2D eigenvalue weighted by molar-refractivity contribution is 9.09. The molecule has 0 amide bonds. The average molecular weight is 391 g/mol. The molecule has 0 aromatic carbocycles. The van der Waals surface area contributed by atoms with Crippen molar-refractivity contribution in [3.8, 4) is 0 Å². The van der Waals surface area contributed by atoms with Gasteiger partial charge in [-0.25, -0.2) is 0 Å². The van der Waals surface area contributed by atoms with E-state index in [1.807, 2.05) is 0 Å². The van der Waals surface area contributed by atoms with Crippen molar-refractivity contribution in [2.45, 2.75) is 56.7 Å². The molecule has 4 aliphatic rings. The fraction of sp³-hybridized carbons (Fsp3) is 1.00. The molecule has 0 heterocycles. The van der Waals surface area contributed by atoms with Crippen LogP contribution in [0.5, 0.6) is 0 Å². The summed E-state index contributed by atoms with van der Waals surface area (Å²) in [7, 11) is 0. The number of halogens is 1. The Hall–Kier alpha value is 0.320. The van der Waals surface area contributed by atoms with Gasteiger partial charge in [-0.15, -0.1) is 0 Å². The van der Waals surface area contributed by atoms with Crippen LogP contribution in [-0.4, -0.2) is 55.2 Å². The van der Waals surface area contributed by atoms with Crippen LogP contribution in [0.4, 0.5) is 0 Å². The van der Waals surface area contributed by atoms with Gasteiger partial charge in [0.25, 0.3) is 0 Å². The molecule has 4 fully saturated rings. The molecule has 4 saturated carbocycles. The Labute approximate surface area is 148 Å². The summed E-state index contributed by atoms with van der Waals surface area (Å²) in [5, 5.41) is 9.63. The van der Waals surface area contributed by atoms with Crippen molar-refractivity contribution in [2.75, 3.05) is 38.4 Å². The van der Waals surface area contributed by atoms with Crippen molar-refractivity contribution < 1.29 is 19.3 Å². The van der Waals surface area contributed by atoms with E-state index in [2.05, 4.69) is 15.9 Å². The molecule has 0 aromatic rings. The first-order valence-corrected chi connectivity index (χ1v) is 10.4. The standard InChI is InChI=1S/C18H31BrO4/c19-2-1-17(13-22-6-5-21-4-3-20)23-18-10-14-7-15(11-18)9-16(8-14)12-18/h14-17,20H,1-13H2. The minimum Gasteiger partial charge on any atom is -0.394 e. The summed E-state index contributed by atoms with van der Waals surface area (Å²) in [6, 6.07) is 0. The van der Waals surface area contributed by atoms with Gasteiger partial charge in [0.15, 0.2) is 0 Å². The topological polar surface area (TPSA) is 47.9 Å². The molecule has 0 radical (unpaired) electrons. The molecule has 4 nitrogen and oxygen atoms in total. The molecule has 4 rings (SSSR count). The monoisotopic (exact) mass is 390 g/mol. The summed E-state index contributed by atoms with van der Waals surface area (Å²) in [6.45, 7) is 2.22. The van der Waals surface area contributed by atoms with Crippen molar-refractivity contribution in [2.24, 2.45) is 17.8 Å². The quantitative estimate of drug-likeness (QED) is 0.434. The molecule has 23 heavy (non-hydrogen) atoms. The molecular weight excluding hydrogens is 360 g/mol. The number of aliphatic hydroxyl groups is 1. The molecule has 5 heteroatoms. The molecule has 1 atom stereocenters. The van der Waals surface area contributed by atoms with Crippen molar-refractivity contribution in [1.29, 1.82) is 0 Å². The summed E-state index contributed by atoms with van der Waals surface area (Å²) in [6.07, 6.45) is 9.36. The lowest BCUT2D eigenvalue weighted by atomic mass is 9.54. The van der Waals surface area contributed by atoms with Gasteiger partial charge in [0.05, 0.1) is 44.7 Å². The predicted octanol–water partition coefficient (Wildman–Crippen LogP) is 3.15. The van der Waals surface area contributed by atoms with E-state index in [4.69, 9.17) is 19.3 Å². The molecule has 4 bridgehead atoms. The van der Waals surface area contributed by atoms with Crippen molar-refractivity contribution in [3.05, 3.63) is 0 Å². The normalized spacial score (nSPS) is 36.5. The SMILES string of the molecule is OCCOCCOCC(CCBr)OC12CC3CC(CC(C3)C1)C2. The number of alkyl halides is 1. The van der Waals surface area contributed by atoms with Crippen LogP contribution < -0.4 is 0 Å². The lowest BCUT2D eigenvalue weighted by Gasteiger charge is -2.57. The first-order chi connectivity index (χ1) is 11.2. The fourth-order valence-corrected chi connectivity index (χ4v) is 5.84. The van der Waals surface area contributed by atoms with Crippen LogP contribution in [0.2, 0.25) is 0 Å². The molecule has 1 N–H and O–H groups in total. The van der Waals surface area contributed by atoms with Gasteiger partial charge in [0.1, 0.15) is 0 Å². The number of hydrogen-bond acceptors (Lipinski definition) is 4. The van der Waals surface area contributed by atoms with Gasteiger partial charge < -0.3 is 19.3 Å². The lowest BCUT2D eigenvalue weighted by molar-refractivity contribution is -0.198. The lowest BCUT2D eigenvalue weighted by Crippen LogP contribution is -2.53. The van der Waals surface area contributed by atoms with Crippen LogP contribution in [0.1, 0.15) is 44.9 Å². The summed E-state index contributed by atoms with van der Waals surface area (Å²) in [4.78, 5) is 0.